The van der Waals surface area contributed by atoms with Gasteiger partial charge in [-0.05, 0) is 40.5 Å². The molecular weight excluding hydrogens is 280 g/mol. The molecule has 0 fully saturated rings. The van der Waals surface area contributed by atoms with Crippen LogP contribution in [-0.2, 0) is 9.59 Å². The monoisotopic (exact) mass is 288 g/mol. The lowest BCUT2D eigenvalue weighted by Gasteiger charge is -2.03. The number of carbonyl (C=O) groups is 2. The molecule has 0 bridgehead atoms. The van der Waals surface area contributed by atoms with E-state index in [1.54, 1.807) is 0 Å². The molecule has 0 saturated carbocycles. The van der Waals surface area contributed by atoms with Crippen LogP contribution in [0.5, 0.6) is 0 Å². The lowest BCUT2D eigenvalue weighted by Crippen LogP contribution is -2.14. The van der Waals surface area contributed by atoms with Gasteiger partial charge in [-0.1, -0.05) is 6.07 Å². The molecule has 0 spiro atoms. The fourth-order valence-electron chi connectivity index (χ4n) is 0.926. The number of aliphatic carboxylic acids is 1. The highest BCUT2D eigenvalue weighted by molar-refractivity contribution is 9.10. The number of thioether (sulfide) groups is 1. The number of hydrogen-bond donors (Lipinski definition) is 1. The average molecular weight is 289 g/mol. The quantitative estimate of drug-likeness (QED) is 0.683. The third-order valence-electron chi connectivity index (χ3n) is 1.68. The number of carbonyl (C=O) groups excluding carboxylic acids is 1. The fourth-order valence-corrected chi connectivity index (χ4v) is 2.40. The predicted molar refractivity (Wildman–Crippen MR) is 62.2 cm³/mol. The highest BCUT2D eigenvalue weighted by Gasteiger charge is 2.12. The van der Waals surface area contributed by atoms with Crippen LogP contribution in [0, 0.1) is 6.92 Å². The van der Waals surface area contributed by atoms with Crippen molar-refractivity contribution in [3.05, 3.63) is 28.2 Å². The first-order chi connectivity index (χ1) is 7.00. The molecule has 0 heterocycles. The second-order valence-corrected chi connectivity index (χ2v) is 4.82. The molecule has 15 heavy (non-hydrogen) atoms. The third kappa shape index (κ3) is 3.68. The topological polar surface area (TPSA) is 54.4 Å². The summed E-state index contributed by atoms with van der Waals surface area (Å²) in [5.41, 5.74) is 1.07. The van der Waals surface area contributed by atoms with Gasteiger partial charge >= 0.3 is 5.97 Å². The van der Waals surface area contributed by atoms with Gasteiger partial charge in [-0.15, -0.1) is 11.8 Å². The van der Waals surface area contributed by atoms with Gasteiger partial charge in [0.2, 0.25) is 5.78 Å². The highest BCUT2D eigenvalue weighted by Crippen LogP contribution is 2.28. The van der Waals surface area contributed by atoms with E-state index < -0.39 is 11.8 Å². The van der Waals surface area contributed by atoms with E-state index in [9.17, 15) is 9.59 Å². The Morgan fingerprint density at radius 3 is 2.73 bits per heavy atom. The summed E-state index contributed by atoms with van der Waals surface area (Å²) in [7, 11) is 0. The lowest BCUT2D eigenvalue weighted by molar-refractivity contribution is -0.147. The Labute approximate surface area is 100.0 Å². The van der Waals surface area contributed by atoms with Gasteiger partial charge in [-0.25, -0.2) is 4.79 Å². The summed E-state index contributed by atoms with van der Waals surface area (Å²) < 4.78 is 0.872. The average Bonchev–Trinajstić information content (AvgIpc) is 2.18. The SMILES string of the molecule is Cc1ccc(Br)c(SCC(=O)C(=O)O)c1. The summed E-state index contributed by atoms with van der Waals surface area (Å²) in [5.74, 6) is -2.21. The van der Waals surface area contributed by atoms with Crippen molar-refractivity contribution in [2.45, 2.75) is 11.8 Å². The molecule has 0 aliphatic carbocycles. The van der Waals surface area contributed by atoms with Crippen molar-refractivity contribution in [2.24, 2.45) is 0 Å². The molecule has 1 rings (SSSR count). The molecule has 0 saturated heterocycles. The van der Waals surface area contributed by atoms with Crippen LogP contribution < -0.4 is 0 Å². The molecule has 0 aliphatic rings. The van der Waals surface area contributed by atoms with Gasteiger partial charge in [0.25, 0.3) is 0 Å². The Kier molecular flexibility index (Phi) is 4.35. The minimum atomic E-state index is -1.38. The van der Waals surface area contributed by atoms with Gasteiger partial charge in [-0.2, -0.15) is 0 Å². The van der Waals surface area contributed by atoms with Crippen molar-refractivity contribution in [3.63, 3.8) is 0 Å². The summed E-state index contributed by atoms with van der Waals surface area (Å²) >= 11 is 4.56. The molecule has 80 valence electrons. The number of rotatable bonds is 4. The zero-order valence-corrected chi connectivity index (χ0v) is 10.4. The van der Waals surface area contributed by atoms with E-state index in [2.05, 4.69) is 15.9 Å². The lowest BCUT2D eigenvalue weighted by atomic mass is 10.2. The number of ketones is 1. The van der Waals surface area contributed by atoms with E-state index in [0.29, 0.717) is 0 Å². The van der Waals surface area contributed by atoms with Crippen molar-refractivity contribution >= 4 is 39.4 Å². The molecule has 5 heteroatoms. The molecule has 0 atom stereocenters. The van der Waals surface area contributed by atoms with Gasteiger partial charge in [0, 0.05) is 9.37 Å². The molecule has 1 aromatic carbocycles. The normalized spacial score (nSPS) is 10.0. The third-order valence-corrected chi connectivity index (χ3v) is 3.69. The summed E-state index contributed by atoms with van der Waals surface area (Å²) in [5, 5.41) is 8.41. The number of aryl methyl sites for hydroxylation is 1. The highest BCUT2D eigenvalue weighted by atomic mass is 79.9. The predicted octanol–water partition coefficient (Wildman–Crippen LogP) is 2.50. The number of hydrogen-bond acceptors (Lipinski definition) is 3. The molecule has 0 aromatic heterocycles. The van der Waals surface area contributed by atoms with Crippen LogP contribution >= 0.6 is 27.7 Å². The molecule has 0 unspecified atom stereocenters. The Balaban J connectivity index is 2.69. The van der Waals surface area contributed by atoms with Crippen LogP contribution in [0.15, 0.2) is 27.6 Å². The minimum absolute atomic E-state index is 0.0443. The smallest absolute Gasteiger partial charge is 0.373 e. The fraction of sp³-hybridized carbons (Fsp3) is 0.200. The van der Waals surface area contributed by atoms with Gasteiger partial charge in [0.1, 0.15) is 0 Å². The molecule has 0 aliphatic heterocycles. The Morgan fingerprint density at radius 1 is 1.47 bits per heavy atom. The second-order valence-electron chi connectivity index (χ2n) is 2.95. The first-order valence-electron chi connectivity index (χ1n) is 4.16. The summed E-state index contributed by atoms with van der Waals surface area (Å²) in [4.78, 5) is 22.1. The van der Waals surface area contributed by atoms with Gasteiger partial charge in [0.05, 0.1) is 5.75 Å². The van der Waals surface area contributed by atoms with Crippen LogP contribution in [0.3, 0.4) is 0 Å². The number of halogens is 1. The Hall–Kier alpha value is -0.810. The standard InChI is InChI=1S/C10H9BrO3S/c1-6-2-3-7(11)9(4-6)15-5-8(12)10(13)14/h2-4H,5H2,1H3,(H,13,14). The van der Waals surface area contributed by atoms with E-state index in [1.165, 1.54) is 11.8 Å². The first-order valence-corrected chi connectivity index (χ1v) is 5.93. The zero-order chi connectivity index (χ0) is 11.4. The van der Waals surface area contributed by atoms with E-state index in [0.717, 1.165) is 14.9 Å². The van der Waals surface area contributed by atoms with Gasteiger partial charge in [0.15, 0.2) is 0 Å². The molecule has 3 nitrogen and oxygen atoms in total. The van der Waals surface area contributed by atoms with E-state index in [4.69, 9.17) is 5.11 Å². The van der Waals surface area contributed by atoms with Crippen LogP contribution in [0.25, 0.3) is 0 Å². The maximum absolute atomic E-state index is 10.9. The summed E-state index contributed by atoms with van der Waals surface area (Å²) in [6, 6.07) is 5.72. The van der Waals surface area contributed by atoms with Crippen LogP contribution in [0.1, 0.15) is 5.56 Å². The largest absolute Gasteiger partial charge is 0.475 e. The van der Waals surface area contributed by atoms with Crippen LogP contribution in [-0.4, -0.2) is 22.6 Å². The molecule has 1 aromatic rings. The van der Waals surface area contributed by atoms with E-state index in [-0.39, 0.29) is 5.75 Å². The number of carboxylic acid groups (broad SMARTS) is 1. The van der Waals surface area contributed by atoms with Gasteiger partial charge in [-0.3, -0.25) is 4.79 Å². The summed E-state index contributed by atoms with van der Waals surface area (Å²) in [6.07, 6.45) is 0. The first kappa shape index (κ1) is 12.3. The molecular formula is C10H9BrO3S. The van der Waals surface area contributed by atoms with E-state index in [1.807, 2.05) is 25.1 Å². The van der Waals surface area contributed by atoms with Crippen LogP contribution in [0.4, 0.5) is 0 Å². The van der Waals surface area contributed by atoms with Crippen molar-refractivity contribution in [3.8, 4) is 0 Å². The number of Topliss-reactive ketones (excluding diaryl/α,β-unsaturated/α-hetero) is 1. The molecule has 0 radical (unpaired) electrons. The van der Waals surface area contributed by atoms with Crippen LogP contribution in [0.2, 0.25) is 0 Å². The minimum Gasteiger partial charge on any atom is -0.475 e. The maximum atomic E-state index is 10.9. The van der Waals surface area contributed by atoms with Crippen molar-refractivity contribution < 1.29 is 14.7 Å². The zero-order valence-electron chi connectivity index (χ0n) is 7.99. The van der Waals surface area contributed by atoms with Crippen molar-refractivity contribution in [1.82, 2.24) is 0 Å². The maximum Gasteiger partial charge on any atom is 0.373 e. The number of carboxylic acids is 1. The van der Waals surface area contributed by atoms with Gasteiger partial charge < -0.3 is 5.11 Å². The summed E-state index contributed by atoms with van der Waals surface area (Å²) in [6.45, 7) is 1.94. The molecule has 0 amide bonds. The Bertz CT molecular complexity index is 404. The Morgan fingerprint density at radius 2 is 2.13 bits per heavy atom. The van der Waals surface area contributed by atoms with E-state index >= 15 is 0 Å². The molecule has 1 N–H and O–H groups in total. The second kappa shape index (κ2) is 5.32. The van der Waals surface area contributed by atoms with Crippen molar-refractivity contribution in [1.29, 1.82) is 0 Å². The van der Waals surface area contributed by atoms with Crippen molar-refractivity contribution in [2.75, 3.05) is 5.75 Å². The number of benzene rings is 1.